The maximum Gasteiger partial charge on any atom is 0.573 e. The first-order valence-electron chi connectivity index (χ1n) is 9.46. The van der Waals surface area contributed by atoms with Gasteiger partial charge in [0.15, 0.2) is 0 Å². The molecule has 0 fully saturated rings. The number of hydrogen-bond donors (Lipinski definition) is 2. The number of para-hydroxylation sites is 1. The van der Waals surface area contributed by atoms with Gasteiger partial charge in [-0.3, -0.25) is 0 Å². The zero-order chi connectivity index (χ0) is 22.0. The van der Waals surface area contributed by atoms with Gasteiger partial charge in [-0.1, -0.05) is 30.3 Å². The zero-order valence-electron chi connectivity index (χ0n) is 16.2. The molecule has 1 aromatic heterocycles. The second-order valence-corrected chi connectivity index (χ2v) is 6.98. The molecule has 0 spiro atoms. The summed E-state index contributed by atoms with van der Waals surface area (Å²) in [5.74, 6) is -0.611. The normalized spacial score (nSPS) is 13.3. The summed E-state index contributed by atoms with van der Waals surface area (Å²) in [6.45, 7) is 1.37. The molecule has 2 aromatic carbocycles. The van der Waals surface area contributed by atoms with E-state index in [2.05, 4.69) is 15.0 Å². The van der Waals surface area contributed by atoms with Crippen molar-refractivity contribution >= 4 is 17.5 Å². The quantitative estimate of drug-likeness (QED) is 0.608. The van der Waals surface area contributed by atoms with E-state index in [0.717, 1.165) is 16.8 Å². The van der Waals surface area contributed by atoms with Gasteiger partial charge in [-0.05, 0) is 29.8 Å². The van der Waals surface area contributed by atoms with E-state index in [0.29, 0.717) is 24.5 Å². The minimum absolute atomic E-state index is 0.180. The van der Waals surface area contributed by atoms with Gasteiger partial charge in [-0.15, -0.1) is 13.2 Å². The molecule has 160 valence electrons. The molecule has 1 aliphatic heterocycles. The Morgan fingerprint density at radius 2 is 1.87 bits per heavy atom. The average Bonchev–Trinajstić information content (AvgIpc) is 2.74. The number of nitrogens with one attached hydrogen (secondary N) is 1. The first-order chi connectivity index (χ1) is 14.8. The maximum absolute atomic E-state index is 12.8. The van der Waals surface area contributed by atoms with Crippen LogP contribution in [0.4, 0.5) is 24.7 Å². The van der Waals surface area contributed by atoms with Crippen LogP contribution in [0, 0.1) is 0 Å². The van der Waals surface area contributed by atoms with Crippen LogP contribution in [0.15, 0.2) is 60.8 Å². The highest BCUT2D eigenvalue weighted by Crippen LogP contribution is 2.34. The van der Waals surface area contributed by atoms with Gasteiger partial charge in [0, 0.05) is 37.0 Å². The number of carbonyl (C=O) groups is 1. The molecule has 0 saturated carbocycles. The molecule has 0 amide bonds. The van der Waals surface area contributed by atoms with Gasteiger partial charge < -0.3 is 20.1 Å². The number of nitrogens with zero attached hydrogens (tertiary/aromatic N) is 2. The van der Waals surface area contributed by atoms with Crippen molar-refractivity contribution in [3.8, 4) is 16.9 Å². The molecule has 2 N–H and O–H groups in total. The number of fused-ring (bicyclic) bond motifs is 1. The number of carboxylic acid groups (broad SMARTS) is 1. The van der Waals surface area contributed by atoms with Gasteiger partial charge in [0.05, 0.1) is 11.3 Å². The smallest absolute Gasteiger partial charge is 0.478 e. The van der Waals surface area contributed by atoms with E-state index in [1.54, 1.807) is 30.5 Å². The number of halogens is 3. The third-order valence-corrected chi connectivity index (χ3v) is 4.91. The minimum Gasteiger partial charge on any atom is -0.478 e. The van der Waals surface area contributed by atoms with Gasteiger partial charge >= 0.3 is 12.3 Å². The molecule has 0 unspecified atom stereocenters. The van der Waals surface area contributed by atoms with Crippen LogP contribution in [0.3, 0.4) is 0 Å². The molecule has 31 heavy (non-hydrogen) atoms. The highest BCUT2D eigenvalue weighted by Gasteiger charge is 2.32. The largest absolute Gasteiger partial charge is 0.573 e. The van der Waals surface area contributed by atoms with Crippen molar-refractivity contribution in [1.29, 1.82) is 0 Å². The summed E-state index contributed by atoms with van der Waals surface area (Å²) in [4.78, 5) is 17.4. The lowest BCUT2D eigenvalue weighted by atomic mass is 10.0. The Kier molecular flexibility index (Phi) is 5.41. The first-order valence-corrected chi connectivity index (χ1v) is 9.46. The van der Waals surface area contributed by atoms with Gasteiger partial charge in [-0.25, -0.2) is 9.78 Å². The molecular weight excluding hydrogens is 411 g/mol. The predicted octanol–water partition coefficient (Wildman–Crippen LogP) is 4.78. The number of hydrogen-bond acceptors (Lipinski definition) is 5. The molecule has 0 saturated heterocycles. The molecule has 4 rings (SSSR count). The van der Waals surface area contributed by atoms with Crippen LogP contribution < -0.4 is 15.0 Å². The van der Waals surface area contributed by atoms with Crippen molar-refractivity contribution in [3.05, 3.63) is 71.9 Å². The summed E-state index contributed by atoms with van der Waals surface area (Å²) in [7, 11) is 0. The van der Waals surface area contributed by atoms with E-state index >= 15 is 0 Å². The van der Waals surface area contributed by atoms with Gasteiger partial charge in [0.1, 0.15) is 11.6 Å². The second-order valence-electron chi connectivity index (χ2n) is 6.98. The first kappa shape index (κ1) is 20.5. The van der Waals surface area contributed by atoms with Crippen molar-refractivity contribution < 1.29 is 27.8 Å². The lowest BCUT2D eigenvalue weighted by molar-refractivity contribution is -0.274. The number of benzene rings is 2. The van der Waals surface area contributed by atoms with E-state index in [-0.39, 0.29) is 17.9 Å². The average molecular weight is 429 g/mol. The van der Waals surface area contributed by atoms with Crippen LogP contribution in [-0.2, 0) is 6.54 Å². The maximum atomic E-state index is 12.8. The number of alkyl halides is 3. The van der Waals surface area contributed by atoms with Crippen molar-refractivity contribution in [1.82, 2.24) is 4.98 Å². The van der Waals surface area contributed by atoms with Gasteiger partial charge in [-0.2, -0.15) is 0 Å². The van der Waals surface area contributed by atoms with E-state index < -0.39 is 12.3 Å². The predicted molar refractivity (Wildman–Crippen MR) is 109 cm³/mol. The highest BCUT2D eigenvalue weighted by molar-refractivity contribution is 5.88. The Labute approximate surface area is 175 Å². The molecule has 3 aromatic rings. The Bertz CT molecular complexity index is 1100. The summed E-state index contributed by atoms with van der Waals surface area (Å²) < 4.78 is 42.5. The molecule has 2 heterocycles. The third-order valence-electron chi connectivity index (χ3n) is 4.91. The molecule has 1 aliphatic rings. The Balaban J connectivity index is 1.64. The fourth-order valence-corrected chi connectivity index (χ4v) is 3.45. The van der Waals surface area contributed by atoms with E-state index in [9.17, 15) is 18.0 Å². The summed E-state index contributed by atoms with van der Waals surface area (Å²) in [6, 6.07) is 14.4. The number of rotatable bonds is 5. The SMILES string of the molecule is O=C(O)c1ccc(-c2cnc3c(c2)N(Cc2ccccc2OC(F)(F)F)CCN3)cc1. The number of aromatic carboxylic acids is 1. The zero-order valence-corrected chi connectivity index (χ0v) is 16.2. The number of aromatic nitrogens is 1. The highest BCUT2D eigenvalue weighted by atomic mass is 19.4. The number of carboxylic acids is 1. The lowest BCUT2D eigenvalue weighted by Gasteiger charge is -2.32. The summed E-state index contributed by atoms with van der Waals surface area (Å²) in [6.07, 6.45) is -3.10. The topological polar surface area (TPSA) is 74.7 Å². The van der Waals surface area contributed by atoms with E-state index in [1.807, 2.05) is 11.0 Å². The third kappa shape index (κ3) is 4.71. The summed E-state index contributed by atoms with van der Waals surface area (Å²) >= 11 is 0. The summed E-state index contributed by atoms with van der Waals surface area (Å²) in [5.41, 5.74) is 2.88. The Morgan fingerprint density at radius 3 is 2.58 bits per heavy atom. The fraction of sp³-hybridized carbons (Fsp3) is 0.182. The van der Waals surface area contributed by atoms with Crippen molar-refractivity contribution in [2.75, 3.05) is 23.3 Å². The van der Waals surface area contributed by atoms with Gasteiger partial charge in [0.25, 0.3) is 0 Å². The van der Waals surface area contributed by atoms with Gasteiger partial charge in [0.2, 0.25) is 0 Å². The van der Waals surface area contributed by atoms with Crippen molar-refractivity contribution in [2.24, 2.45) is 0 Å². The molecule has 9 heteroatoms. The standard InChI is InChI=1S/C22H18F3N3O3/c23-22(24,25)31-19-4-2-1-3-16(19)13-28-10-9-26-20-18(28)11-17(12-27-20)14-5-7-15(8-6-14)21(29)30/h1-8,11-12H,9-10,13H2,(H,26,27)(H,29,30). The molecule has 0 atom stereocenters. The molecule has 0 bridgehead atoms. The van der Waals surface area contributed by atoms with Crippen molar-refractivity contribution in [3.63, 3.8) is 0 Å². The molecule has 6 nitrogen and oxygen atoms in total. The Hall–Kier alpha value is -3.75. The van der Waals surface area contributed by atoms with Crippen LogP contribution in [-0.4, -0.2) is 35.5 Å². The number of anilines is 2. The minimum atomic E-state index is -4.77. The second kappa shape index (κ2) is 8.17. The van der Waals surface area contributed by atoms with Crippen molar-refractivity contribution in [2.45, 2.75) is 12.9 Å². The fourth-order valence-electron chi connectivity index (χ4n) is 3.45. The molecule has 0 aliphatic carbocycles. The van der Waals surface area contributed by atoms with E-state index in [4.69, 9.17) is 5.11 Å². The van der Waals surface area contributed by atoms with Crippen LogP contribution >= 0.6 is 0 Å². The van der Waals surface area contributed by atoms with Crippen LogP contribution in [0.5, 0.6) is 5.75 Å². The van der Waals surface area contributed by atoms with E-state index in [1.165, 1.54) is 24.3 Å². The molecule has 0 radical (unpaired) electrons. The lowest BCUT2D eigenvalue weighted by Crippen LogP contribution is -2.34. The Morgan fingerprint density at radius 1 is 1.13 bits per heavy atom. The monoisotopic (exact) mass is 429 g/mol. The number of ether oxygens (including phenoxy) is 1. The van der Waals surface area contributed by atoms with Crippen LogP contribution in [0.2, 0.25) is 0 Å². The van der Waals surface area contributed by atoms with Crippen LogP contribution in [0.25, 0.3) is 11.1 Å². The summed E-state index contributed by atoms with van der Waals surface area (Å²) in [5, 5.41) is 12.3. The molecular formula is C22H18F3N3O3. The number of pyridine rings is 1. The van der Waals surface area contributed by atoms with Crippen LogP contribution in [0.1, 0.15) is 15.9 Å².